The molecule has 0 fully saturated rings. The van der Waals surface area contributed by atoms with Crippen molar-refractivity contribution in [2.45, 2.75) is 13.8 Å². The molecular formula is C21H16N4O2. The average molecular weight is 356 g/mol. The highest BCUT2D eigenvalue weighted by Gasteiger charge is 2.13. The van der Waals surface area contributed by atoms with Gasteiger partial charge in [-0.2, -0.15) is 0 Å². The van der Waals surface area contributed by atoms with Crippen molar-refractivity contribution in [3.63, 3.8) is 0 Å². The number of rotatable bonds is 3. The molecule has 4 heterocycles. The number of ether oxygens (including phenoxy) is 1. The minimum atomic E-state index is 0.458. The molecule has 0 amide bonds. The summed E-state index contributed by atoms with van der Waals surface area (Å²) >= 11 is 0. The summed E-state index contributed by atoms with van der Waals surface area (Å²) in [4.78, 5) is 13.1. The molecule has 0 saturated heterocycles. The fourth-order valence-corrected chi connectivity index (χ4v) is 3.33. The topological polar surface area (TPSA) is 65.5 Å². The van der Waals surface area contributed by atoms with Crippen molar-refractivity contribution < 1.29 is 9.15 Å². The van der Waals surface area contributed by atoms with Crippen molar-refractivity contribution >= 4 is 16.6 Å². The number of hydrogen-bond donors (Lipinski definition) is 0. The van der Waals surface area contributed by atoms with Gasteiger partial charge in [-0.15, -0.1) is 0 Å². The number of nitrogens with zero attached hydrogens (tertiary/aromatic N) is 4. The highest BCUT2D eigenvalue weighted by Crippen LogP contribution is 2.32. The number of furan rings is 1. The summed E-state index contributed by atoms with van der Waals surface area (Å²) in [5, 5.41) is 0.960. The Kier molecular flexibility index (Phi) is 3.43. The van der Waals surface area contributed by atoms with E-state index in [1.165, 1.54) is 0 Å². The van der Waals surface area contributed by atoms with E-state index in [4.69, 9.17) is 9.15 Å². The van der Waals surface area contributed by atoms with Crippen molar-refractivity contribution in [2.75, 3.05) is 0 Å². The second-order valence-electron chi connectivity index (χ2n) is 6.38. The third-order valence-corrected chi connectivity index (χ3v) is 4.63. The Balaban J connectivity index is 1.57. The molecule has 4 aromatic heterocycles. The van der Waals surface area contributed by atoms with Crippen LogP contribution in [-0.4, -0.2) is 19.4 Å². The molecule has 5 aromatic rings. The van der Waals surface area contributed by atoms with E-state index < -0.39 is 0 Å². The lowest BCUT2D eigenvalue weighted by Crippen LogP contribution is -1.99. The van der Waals surface area contributed by atoms with Crippen LogP contribution < -0.4 is 4.74 Å². The number of pyridine rings is 1. The van der Waals surface area contributed by atoms with E-state index in [9.17, 15) is 0 Å². The minimum Gasteiger partial charge on any atom is -0.459 e. The highest BCUT2D eigenvalue weighted by atomic mass is 16.5. The molecule has 0 aliphatic carbocycles. The largest absolute Gasteiger partial charge is 0.459 e. The molecule has 6 heteroatoms. The van der Waals surface area contributed by atoms with Crippen LogP contribution in [0.25, 0.3) is 27.9 Å². The summed E-state index contributed by atoms with van der Waals surface area (Å²) in [5.74, 6) is 1.16. The zero-order valence-corrected chi connectivity index (χ0v) is 14.9. The third kappa shape index (κ3) is 2.54. The molecule has 0 aliphatic heterocycles. The molecular weight excluding hydrogens is 340 g/mol. The average Bonchev–Trinajstić information content (AvgIpc) is 3.32. The van der Waals surface area contributed by atoms with Crippen LogP contribution in [0.5, 0.6) is 11.6 Å². The van der Waals surface area contributed by atoms with Crippen molar-refractivity contribution in [3.8, 4) is 22.9 Å². The zero-order chi connectivity index (χ0) is 18.4. The van der Waals surface area contributed by atoms with E-state index in [2.05, 4.69) is 26.3 Å². The summed E-state index contributed by atoms with van der Waals surface area (Å²) in [6.07, 6.45) is 8.85. The van der Waals surface area contributed by atoms with Gasteiger partial charge in [0.1, 0.15) is 5.75 Å². The van der Waals surface area contributed by atoms with Gasteiger partial charge in [0.15, 0.2) is 11.2 Å². The van der Waals surface area contributed by atoms with Gasteiger partial charge in [0.25, 0.3) is 5.88 Å². The fourth-order valence-electron chi connectivity index (χ4n) is 3.33. The molecule has 0 radical (unpaired) electrons. The maximum Gasteiger partial charge on any atom is 0.263 e. The summed E-state index contributed by atoms with van der Waals surface area (Å²) < 4.78 is 13.5. The van der Waals surface area contributed by atoms with Gasteiger partial charge in [0.05, 0.1) is 23.8 Å². The quantitative estimate of drug-likeness (QED) is 0.458. The summed E-state index contributed by atoms with van der Waals surface area (Å²) in [7, 11) is 0. The summed E-state index contributed by atoms with van der Waals surface area (Å²) in [6.45, 7) is 4.05. The Morgan fingerprint density at radius 2 is 1.93 bits per heavy atom. The van der Waals surface area contributed by atoms with Gasteiger partial charge in [-0.25, -0.2) is 9.97 Å². The standard InChI is InChI=1S/C21H16N4O2/c1-13-11-16(27-21-20-15(5-7-23-21)6-10-26-20)3-4-17(13)19-14(2)24-12-18-22-8-9-25(18)19/h3-12H,1-2H3. The van der Waals surface area contributed by atoms with Gasteiger partial charge < -0.3 is 9.15 Å². The van der Waals surface area contributed by atoms with E-state index in [1.54, 1.807) is 24.9 Å². The number of benzene rings is 1. The molecule has 0 saturated carbocycles. The van der Waals surface area contributed by atoms with Crippen LogP contribution in [0.3, 0.4) is 0 Å². The molecule has 0 atom stereocenters. The SMILES string of the molecule is Cc1cc(Oc2nccc3ccoc23)ccc1-c1c(C)ncc2nccn12. The molecule has 0 aliphatic rings. The molecule has 27 heavy (non-hydrogen) atoms. The van der Waals surface area contributed by atoms with Crippen molar-refractivity contribution in [1.82, 2.24) is 19.4 Å². The van der Waals surface area contributed by atoms with Crippen LogP contribution in [0.1, 0.15) is 11.3 Å². The van der Waals surface area contributed by atoms with Gasteiger partial charge in [-0.1, -0.05) is 0 Å². The van der Waals surface area contributed by atoms with E-state index in [0.29, 0.717) is 17.2 Å². The minimum absolute atomic E-state index is 0.458. The van der Waals surface area contributed by atoms with Gasteiger partial charge in [-0.3, -0.25) is 9.38 Å². The number of aromatic nitrogens is 4. The number of hydrogen-bond acceptors (Lipinski definition) is 5. The Bertz CT molecular complexity index is 1290. The monoisotopic (exact) mass is 356 g/mol. The number of aryl methyl sites for hydroxylation is 2. The number of fused-ring (bicyclic) bond motifs is 2. The van der Waals surface area contributed by atoms with Crippen LogP contribution >= 0.6 is 0 Å². The van der Waals surface area contributed by atoms with Gasteiger partial charge >= 0.3 is 0 Å². The van der Waals surface area contributed by atoms with Crippen molar-refractivity contribution in [3.05, 3.63) is 72.6 Å². The Morgan fingerprint density at radius 3 is 2.81 bits per heavy atom. The van der Waals surface area contributed by atoms with Crippen LogP contribution in [0.2, 0.25) is 0 Å². The van der Waals surface area contributed by atoms with Crippen molar-refractivity contribution in [2.24, 2.45) is 0 Å². The van der Waals surface area contributed by atoms with E-state index >= 15 is 0 Å². The molecule has 0 N–H and O–H groups in total. The first-order valence-corrected chi connectivity index (χ1v) is 8.60. The molecule has 5 rings (SSSR count). The lowest BCUT2D eigenvalue weighted by Gasteiger charge is -2.13. The summed E-state index contributed by atoms with van der Waals surface area (Å²) in [6, 6.07) is 9.74. The van der Waals surface area contributed by atoms with Gasteiger partial charge in [0.2, 0.25) is 0 Å². The molecule has 132 valence electrons. The Labute approximate surface area is 155 Å². The predicted molar refractivity (Wildman–Crippen MR) is 102 cm³/mol. The van der Waals surface area contributed by atoms with Gasteiger partial charge in [-0.05, 0) is 49.7 Å². The van der Waals surface area contributed by atoms with Crippen LogP contribution in [0, 0.1) is 13.8 Å². The highest BCUT2D eigenvalue weighted by molar-refractivity contribution is 5.81. The molecule has 0 spiro atoms. The maximum absolute atomic E-state index is 5.98. The summed E-state index contributed by atoms with van der Waals surface area (Å²) in [5.41, 5.74) is 5.59. The number of imidazole rings is 1. The predicted octanol–water partition coefficient (Wildman–Crippen LogP) is 4.95. The molecule has 0 bridgehead atoms. The van der Waals surface area contributed by atoms with Crippen LogP contribution in [0.4, 0.5) is 0 Å². The van der Waals surface area contributed by atoms with E-state index in [-0.39, 0.29) is 0 Å². The van der Waals surface area contributed by atoms with E-state index in [1.807, 2.05) is 43.5 Å². The third-order valence-electron chi connectivity index (χ3n) is 4.63. The maximum atomic E-state index is 5.98. The lowest BCUT2D eigenvalue weighted by atomic mass is 10.0. The van der Waals surface area contributed by atoms with Crippen LogP contribution in [0.15, 0.2) is 65.8 Å². The molecule has 0 unspecified atom stereocenters. The van der Waals surface area contributed by atoms with Crippen molar-refractivity contribution in [1.29, 1.82) is 0 Å². The Morgan fingerprint density at radius 1 is 1.00 bits per heavy atom. The normalized spacial score (nSPS) is 11.3. The first-order valence-electron chi connectivity index (χ1n) is 8.60. The first kappa shape index (κ1) is 15.6. The lowest BCUT2D eigenvalue weighted by molar-refractivity contribution is 0.454. The second-order valence-corrected chi connectivity index (χ2v) is 6.38. The molecule has 6 nitrogen and oxygen atoms in total. The fraction of sp³-hybridized carbons (Fsp3) is 0.0952. The van der Waals surface area contributed by atoms with Gasteiger partial charge in [0, 0.05) is 29.5 Å². The second kappa shape index (κ2) is 5.95. The first-order chi connectivity index (χ1) is 13.2. The molecule has 1 aromatic carbocycles. The smallest absolute Gasteiger partial charge is 0.263 e. The van der Waals surface area contributed by atoms with Crippen LogP contribution in [-0.2, 0) is 0 Å². The Hall–Kier alpha value is -3.67. The van der Waals surface area contributed by atoms with E-state index in [0.717, 1.165) is 33.5 Å². The zero-order valence-electron chi connectivity index (χ0n) is 14.9.